The van der Waals surface area contributed by atoms with Gasteiger partial charge in [0.2, 0.25) is 0 Å². The predicted molar refractivity (Wildman–Crippen MR) is 73.0 cm³/mol. The molecule has 0 radical (unpaired) electrons. The number of likely N-dealkylation sites (tertiary alicyclic amines) is 1. The van der Waals surface area contributed by atoms with Crippen LogP contribution in [0.5, 0.6) is 0 Å². The van der Waals surface area contributed by atoms with Gasteiger partial charge in [0, 0.05) is 13.1 Å². The molecule has 2 nitrogen and oxygen atoms in total. The lowest BCUT2D eigenvalue weighted by atomic mass is 10.0. The van der Waals surface area contributed by atoms with Gasteiger partial charge in [0.15, 0.2) is 0 Å². The van der Waals surface area contributed by atoms with Crippen molar-refractivity contribution < 1.29 is 0 Å². The van der Waals surface area contributed by atoms with Crippen LogP contribution >= 0.6 is 0 Å². The zero-order valence-corrected chi connectivity index (χ0v) is 11.1. The summed E-state index contributed by atoms with van der Waals surface area (Å²) >= 11 is 0. The van der Waals surface area contributed by atoms with Gasteiger partial charge in [0.05, 0.1) is 0 Å². The standard InChI is InChI=1S/C15H24N2/c1-12-4-3-5-13(2)15(12)11-17-9-7-14(10-17)6-8-16/h3-5,14H,6-11,16H2,1-2H3. The van der Waals surface area contributed by atoms with Gasteiger partial charge in [-0.1, -0.05) is 18.2 Å². The Balaban J connectivity index is 1.98. The largest absolute Gasteiger partial charge is 0.330 e. The minimum atomic E-state index is 0.823. The van der Waals surface area contributed by atoms with Crippen molar-refractivity contribution in [1.82, 2.24) is 4.90 Å². The molecule has 1 aromatic carbocycles. The van der Waals surface area contributed by atoms with Gasteiger partial charge in [-0.25, -0.2) is 0 Å². The lowest BCUT2D eigenvalue weighted by molar-refractivity contribution is 0.313. The second-order valence-corrected chi connectivity index (χ2v) is 5.34. The molecule has 2 heteroatoms. The summed E-state index contributed by atoms with van der Waals surface area (Å²) in [7, 11) is 0. The average Bonchev–Trinajstić information content (AvgIpc) is 2.72. The molecule has 1 aliphatic rings. The SMILES string of the molecule is Cc1cccc(C)c1CN1CCC(CCN)C1. The highest BCUT2D eigenvalue weighted by Gasteiger charge is 2.22. The maximum Gasteiger partial charge on any atom is 0.0239 e. The molecule has 1 unspecified atom stereocenters. The third kappa shape index (κ3) is 3.08. The molecule has 17 heavy (non-hydrogen) atoms. The van der Waals surface area contributed by atoms with Crippen molar-refractivity contribution in [2.24, 2.45) is 11.7 Å². The van der Waals surface area contributed by atoms with Crippen molar-refractivity contribution in [3.8, 4) is 0 Å². The summed E-state index contributed by atoms with van der Waals surface area (Å²) in [6.07, 6.45) is 2.51. The van der Waals surface area contributed by atoms with Crippen LogP contribution in [-0.2, 0) is 6.54 Å². The van der Waals surface area contributed by atoms with E-state index in [0.717, 1.165) is 19.0 Å². The van der Waals surface area contributed by atoms with Crippen molar-refractivity contribution in [3.63, 3.8) is 0 Å². The van der Waals surface area contributed by atoms with Gasteiger partial charge in [-0.2, -0.15) is 0 Å². The molecule has 0 spiro atoms. The molecule has 2 N–H and O–H groups in total. The van der Waals surface area contributed by atoms with Crippen LogP contribution in [0.15, 0.2) is 18.2 Å². The van der Waals surface area contributed by atoms with Crippen LogP contribution in [0, 0.1) is 19.8 Å². The Labute approximate surface area is 105 Å². The minimum absolute atomic E-state index is 0.823. The van der Waals surface area contributed by atoms with E-state index in [4.69, 9.17) is 5.73 Å². The molecule has 0 saturated carbocycles. The van der Waals surface area contributed by atoms with Crippen molar-refractivity contribution in [2.75, 3.05) is 19.6 Å². The first-order valence-electron chi connectivity index (χ1n) is 6.68. The third-order valence-corrected chi connectivity index (χ3v) is 3.97. The fourth-order valence-electron chi connectivity index (χ4n) is 2.85. The molecular weight excluding hydrogens is 208 g/mol. The molecule has 1 aromatic rings. The highest BCUT2D eigenvalue weighted by atomic mass is 15.1. The van der Waals surface area contributed by atoms with E-state index in [2.05, 4.69) is 36.9 Å². The van der Waals surface area contributed by atoms with Crippen LogP contribution in [0.3, 0.4) is 0 Å². The molecule has 1 heterocycles. The zero-order chi connectivity index (χ0) is 12.3. The minimum Gasteiger partial charge on any atom is -0.330 e. The van der Waals surface area contributed by atoms with Gasteiger partial charge >= 0.3 is 0 Å². The van der Waals surface area contributed by atoms with E-state index >= 15 is 0 Å². The molecule has 1 atom stereocenters. The Morgan fingerprint density at radius 3 is 2.65 bits per heavy atom. The Morgan fingerprint density at radius 1 is 1.29 bits per heavy atom. The summed E-state index contributed by atoms with van der Waals surface area (Å²) in [6.45, 7) is 8.84. The molecule has 0 amide bonds. The third-order valence-electron chi connectivity index (χ3n) is 3.97. The maximum atomic E-state index is 5.64. The van der Waals surface area contributed by atoms with E-state index in [1.807, 2.05) is 0 Å². The van der Waals surface area contributed by atoms with Crippen LogP contribution < -0.4 is 5.73 Å². The number of aryl methyl sites for hydroxylation is 2. The zero-order valence-electron chi connectivity index (χ0n) is 11.1. The Bertz CT molecular complexity index is 353. The van der Waals surface area contributed by atoms with Crippen LogP contribution in [-0.4, -0.2) is 24.5 Å². The van der Waals surface area contributed by atoms with E-state index in [1.54, 1.807) is 0 Å². The lowest BCUT2D eigenvalue weighted by Gasteiger charge is -2.19. The molecular formula is C15H24N2. The van der Waals surface area contributed by atoms with E-state index in [1.165, 1.54) is 42.6 Å². The number of nitrogens with two attached hydrogens (primary N) is 1. The fraction of sp³-hybridized carbons (Fsp3) is 0.600. The van der Waals surface area contributed by atoms with Gasteiger partial charge < -0.3 is 5.73 Å². The van der Waals surface area contributed by atoms with Crippen molar-refractivity contribution in [1.29, 1.82) is 0 Å². The molecule has 1 saturated heterocycles. The highest BCUT2D eigenvalue weighted by molar-refractivity contribution is 5.33. The lowest BCUT2D eigenvalue weighted by Crippen LogP contribution is -2.21. The number of benzene rings is 1. The Kier molecular flexibility index (Phi) is 4.19. The summed E-state index contributed by atoms with van der Waals surface area (Å²) in [5.41, 5.74) is 10.00. The molecule has 2 rings (SSSR count). The van der Waals surface area contributed by atoms with Gasteiger partial charge in [-0.05, 0) is 62.4 Å². The summed E-state index contributed by atoms with van der Waals surface area (Å²) < 4.78 is 0. The monoisotopic (exact) mass is 232 g/mol. The van der Waals surface area contributed by atoms with Gasteiger partial charge in [0.1, 0.15) is 0 Å². The first-order valence-corrected chi connectivity index (χ1v) is 6.68. The van der Waals surface area contributed by atoms with E-state index in [0.29, 0.717) is 0 Å². The number of hydrogen-bond acceptors (Lipinski definition) is 2. The second kappa shape index (κ2) is 5.65. The van der Waals surface area contributed by atoms with Crippen molar-refractivity contribution in [2.45, 2.75) is 33.2 Å². The summed E-state index contributed by atoms with van der Waals surface area (Å²) in [4.78, 5) is 2.58. The highest BCUT2D eigenvalue weighted by Crippen LogP contribution is 2.23. The Hall–Kier alpha value is -0.860. The van der Waals surface area contributed by atoms with Crippen molar-refractivity contribution >= 4 is 0 Å². The van der Waals surface area contributed by atoms with Crippen LogP contribution in [0.1, 0.15) is 29.5 Å². The van der Waals surface area contributed by atoms with E-state index in [-0.39, 0.29) is 0 Å². The van der Waals surface area contributed by atoms with Gasteiger partial charge in [-0.3, -0.25) is 4.90 Å². The smallest absolute Gasteiger partial charge is 0.0239 e. The molecule has 94 valence electrons. The molecule has 0 aliphatic carbocycles. The predicted octanol–water partition coefficient (Wildman–Crippen LogP) is 2.47. The van der Waals surface area contributed by atoms with Gasteiger partial charge in [0.25, 0.3) is 0 Å². The normalized spacial score (nSPS) is 21.0. The number of nitrogens with zero attached hydrogens (tertiary/aromatic N) is 1. The first-order chi connectivity index (χ1) is 8.20. The molecule has 1 fully saturated rings. The number of rotatable bonds is 4. The van der Waals surface area contributed by atoms with E-state index < -0.39 is 0 Å². The molecule has 1 aliphatic heterocycles. The topological polar surface area (TPSA) is 29.3 Å². The van der Waals surface area contributed by atoms with Crippen molar-refractivity contribution in [3.05, 3.63) is 34.9 Å². The first kappa shape index (κ1) is 12.6. The molecule has 0 aromatic heterocycles. The average molecular weight is 232 g/mol. The van der Waals surface area contributed by atoms with Crippen LogP contribution in [0.25, 0.3) is 0 Å². The summed E-state index contributed by atoms with van der Waals surface area (Å²) in [6, 6.07) is 6.58. The van der Waals surface area contributed by atoms with Gasteiger partial charge in [-0.15, -0.1) is 0 Å². The number of hydrogen-bond donors (Lipinski definition) is 1. The quantitative estimate of drug-likeness (QED) is 0.864. The summed E-state index contributed by atoms with van der Waals surface area (Å²) in [5, 5.41) is 0. The van der Waals surface area contributed by atoms with Crippen LogP contribution in [0.2, 0.25) is 0 Å². The fourth-order valence-corrected chi connectivity index (χ4v) is 2.85. The van der Waals surface area contributed by atoms with E-state index in [9.17, 15) is 0 Å². The van der Waals surface area contributed by atoms with Crippen LogP contribution in [0.4, 0.5) is 0 Å². The summed E-state index contributed by atoms with van der Waals surface area (Å²) in [5.74, 6) is 0.823. The Morgan fingerprint density at radius 2 is 2.00 bits per heavy atom. The molecule has 0 bridgehead atoms. The second-order valence-electron chi connectivity index (χ2n) is 5.34. The maximum absolute atomic E-state index is 5.64.